The fraction of sp³-hybridized carbons (Fsp3) is 0.286. The molecule has 4 rings (SSSR count). The van der Waals surface area contributed by atoms with Crippen LogP contribution in [0.4, 0.5) is 11.4 Å². The number of fused-ring (bicyclic) bond motifs is 1. The van der Waals surface area contributed by atoms with Crippen molar-refractivity contribution in [2.24, 2.45) is 0 Å². The molecule has 2 amide bonds. The standard InChI is InChI=1S/C28H30N2O5/c1-20-8-6-11-24(18-20)34-17-15-30-25-14-13-22(19-26(25)35-21(2)28(30)32)29-27(31)12-7-16-33-23-9-4-3-5-10-23/h3-6,8-11,13-14,18-19,21H,7,12,15-17H2,1-2H3,(H,29,31). The fourth-order valence-corrected chi connectivity index (χ4v) is 3.84. The average Bonchev–Trinajstić information content (AvgIpc) is 2.85. The Bertz CT molecular complexity index is 1170. The highest BCUT2D eigenvalue weighted by atomic mass is 16.5. The quantitative estimate of drug-likeness (QED) is 0.419. The van der Waals surface area contributed by atoms with Crippen molar-refractivity contribution in [1.82, 2.24) is 0 Å². The highest BCUT2D eigenvalue weighted by Crippen LogP contribution is 2.36. The maximum absolute atomic E-state index is 12.8. The molecule has 0 fully saturated rings. The molecule has 35 heavy (non-hydrogen) atoms. The Morgan fingerprint density at radius 3 is 2.54 bits per heavy atom. The number of para-hydroxylation sites is 1. The second kappa shape index (κ2) is 11.4. The molecular formula is C28H30N2O5. The van der Waals surface area contributed by atoms with Crippen LogP contribution in [0.3, 0.4) is 0 Å². The van der Waals surface area contributed by atoms with Crippen LogP contribution < -0.4 is 24.4 Å². The normalized spacial score (nSPS) is 14.6. The number of aryl methyl sites for hydroxylation is 1. The van der Waals surface area contributed by atoms with Crippen LogP contribution in [0.1, 0.15) is 25.3 Å². The molecule has 0 saturated heterocycles. The van der Waals surface area contributed by atoms with Crippen molar-refractivity contribution in [2.75, 3.05) is 30.0 Å². The largest absolute Gasteiger partial charge is 0.494 e. The molecule has 1 aliphatic rings. The maximum atomic E-state index is 12.8. The van der Waals surface area contributed by atoms with E-state index in [1.807, 2.05) is 61.5 Å². The van der Waals surface area contributed by atoms with E-state index in [1.165, 1.54) is 0 Å². The van der Waals surface area contributed by atoms with Gasteiger partial charge in [-0.15, -0.1) is 0 Å². The lowest BCUT2D eigenvalue weighted by Gasteiger charge is -2.33. The average molecular weight is 475 g/mol. The predicted molar refractivity (Wildman–Crippen MR) is 135 cm³/mol. The van der Waals surface area contributed by atoms with Gasteiger partial charge in [-0.3, -0.25) is 9.59 Å². The van der Waals surface area contributed by atoms with Crippen LogP contribution >= 0.6 is 0 Å². The zero-order valence-corrected chi connectivity index (χ0v) is 20.0. The monoisotopic (exact) mass is 474 g/mol. The lowest BCUT2D eigenvalue weighted by Crippen LogP contribution is -2.46. The molecule has 182 valence electrons. The van der Waals surface area contributed by atoms with Crippen molar-refractivity contribution in [3.05, 3.63) is 78.4 Å². The van der Waals surface area contributed by atoms with Gasteiger partial charge in [-0.05, 0) is 62.2 Å². The molecule has 1 unspecified atom stereocenters. The van der Waals surface area contributed by atoms with Crippen LogP contribution in [0, 0.1) is 6.92 Å². The molecule has 0 radical (unpaired) electrons. The molecule has 1 N–H and O–H groups in total. The number of nitrogens with zero attached hydrogens (tertiary/aromatic N) is 1. The molecule has 7 nitrogen and oxygen atoms in total. The van der Waals surface area contributed by atoms with Gasteiger partial charge in [0.25, 0.3) is 5.91 Å². The number of nitrogens with one attached hydrogen (secondary N) is 1. The summed E-state index contributed by atoms with van der Waals surface area (Å²) in [6, 6.07) is 22.6. The topological polar surface area (TPSA) is 77.1 Å². The van der Waals surface area contributed by atoms with Crippen LogP contribution in [-0.2, 0) is 9.59 Å². The Kier molecular flexibility index (Phi) is 7.88. The van der Waals surface area contributed by atoms with Gasteiger partial charge in [-0.1, -0.05) is 30.3 Å². The van der Waals surface area contributed by atoms with Gasteiger partial charge in [0.2, 0.25) is 5.91 Å². The van der Waals surface area contributed by atoms with Gasteiger partial charge >= 0.3 is 0 Å². The van der Waals surface area contributed by atoms with Crippen molar-refractivity contribution in [2.45, 2.75) is 32.8 Å². The van der Waals surface area contributed by atoms with Crippen molar-refractivity contribution in [1.29, 1.82) is 0 Å². The minimum absolute atomic E-state index is 0.107. The number of amides is 2. The summed E-state index contributed by atoms with van der Waals surface area (Å²) in [5.74, 6) is 1.88. The number of benzene rings is 3. The van der Waals surface area contributed by atoms with E-state index in [1.54, 1.807) is 30.0 Å². The molecule has 1 aliphatic heterocycles. The number of anilines is 2. The molecule has 3 aromatic carbocycles. The Morgan fingerprint density at radius 2 is 1.74 bits per heavy atom. The number of hydrogen-bond donors (Lipinski definition) is 1. The van der Waals surface area contributed by atoms with Gasteiger partial charge in [0.05, 0.1) is 18.8 Å². The first kappa shape index (κ1) is 24.1. The van der Waals surface area contributed by atoms with E-state index < -0.39 is 6.10 Å². The zero-order chi connectivity index (χ0) is 24.6. The van der Waals surface area contributed by atoms with E-state index in [-0.39, 0.29) is 11.8 Å². The Balaban J connectivity index is 1.31. The second-order valence-corrected chi connectivity index (χ2v) is 8.41. The van der Waals surface area contributed by atoms with Gasteiger partial charge in [-0.25, -0.2) is 0 Å². The summed E-state index contributed by atoms with van der Waals surface area (Å²) in [4.78, 5) is 26.8. The number of ether oxygens (including phenoxy) is 3. The first-order chi connectivity index (χ1) is 17.0. The molecule has 7 heteroatoms. The van der Waals surface area contributed by atoms with E-state index in [0.29, 0.717) is 49.7 Å². The summed E-state index contributed by atoms with van der Waals surface area (Å²) in [6.45, 7) is 4.93. The van der Waals surface area contributed by atoms with E-state index in [2.05, 4.69) is 5.32 Å². The van der Waals surface area contributed by atoms with E-state index >= 15 is 0 Å². The summed E-state index contributed by atoms with van der Waals surface area (Å²) < 4.78 is 17.3. The van der Waals surface area contributed by atoms with E-state index in [0.717, 1.165) is 17.1 Å². The number of hydrogen-bond acceptors (Lipinski definition) is 5. The predicted octanol–water partition coefficient (Wildman–Crippen LogP) is 4.99. The summed E-state index contributed by atoms with van der Waals surface area (Å²) in [7, 11) is 0. The zero-order valence-electron chi connectivity index (χ0n) is 20.0. The first-order valence-electron chi connectivity index (χ1n) is 11.8. The van der Waals surface area contributed by atoms with Gasteiger partial charge in [0.15, 0.2) is 6.10 Å². The molecule has 1 heterocycles. The third-order valence-corrected chi connectivity index (χ3v) is 5.59. The molecule has 0 aromatic heterocycles. The highest BCUT2D eigenvalue weighted by Gasteiger charge is 2.31. The molecule has 0 aliphatic carbocycles. The number of carbonyl (C=O) groups excluding carboxylic acids is 2. The second-order valence-electron chi connectivity index (χ2n) is 8.41. The lowest BCUT2D eigenvalue weighted by molar-refractivity contribution is -0.125. The molecule has 0 bridgehead atoms. The molecule has 0 saturated carbocycles. The van der Waals surface area contributed by atoms with Crippen molar-refractivity contribution in [3.63, 3.8) is 0 Å². The SMILES string of the molecule is Cc1cccc(OCCN2C(=O)C(C)Oc3cc(NC(=O)CCCOc4ccccc4)ccc32)c1. The van der Waals surface area contributed by atoms with E-state index in [9.17, 15) is 9.59 Å². The summed E-state index contributed by atoms with van der Waals surface area (Å²) in [6.07, 6.45) is 0.312. The Morgan fingerprint density at radius 1 is 0.971 bits per heavy atom. The van der Waals surface area contributed by atoms with Crippen LogP contribution in [0.25, 0.3) is 0 Å². The van der Waals surface area contributed by atoms with E-state index in [4.69, 9.17) is 14.2 Å². The van der Waals surface area contributed by atoms with Gasteiger partial charge in [0.1, 0.15) is 23.9 Å². The van der Waals surface area contributed by atoms with Crippen molar-refractivity contribution in [3.8, 4) is 17.2 Å². The smallest absolute Gasteiger partial charge is 0.267 e. The summed E-state index contributed by atoms with van der Waals surface area (Å²) >= 11 is 0. The van der Waals surface area contributed by atoms with Gasteiger partial charge < -0.3 is 24.4 Å². The number of rotatable bonds is 10. The molecule has 1 atom stereocenters. The minimum atomic E-state index is -0.623. The van der Waals surface area contributed by atoms with Crippen molar-refractivity contribution >= 4 is 23.2 Å². The Hall–Kier alpha value is -4.00. The van der Waals surface area contributed by atoms with Crippen LogP contribution in [0.5, 0.6) is 17.2 Å². The lowest BCUT2D eigenvalue weighted by atomic mass is 10.1. The highest BCUT2D eigenvalue weighted by molar-refractivity contribution is 6.00. The third-order valence-electron chi connectivity index (χ3n) is 5.59. The summed E-state index contributed by atoms with van der Waals surface area (Å²) in [5.41, 5.74) is 2.40. The third kappa shape index (κ3) is 6.53. The molecule has 3 aromatic rings. The van der Waals surface area contributed by atoms with Crippen LogP contribution in [0.15, 0.2) is 72.8 Å². The minimum Gasteiger partial charge on any atom is -0.494 e. The first-order valence-corrected chi connectivity index (χ1v) is 11.8. The fourth-order valence-electron chi connectivity index (χ4n) is 3.84. The van der Waals surface area contributed by atoms with Crippen LogP contribution in [-0.4, -0.2) is 37.7 Å². The maximum Gasteiger partial charge on any atom is 0.267 e. The van der Waals surface area contributed by atoms with Crippen LogP contribution in [0.2, 0.25) is 0 Å². The molecule has 0 spiro atoms. The van der Waals surface area contributed by atoms with Gasteiger partial charge in [-0.2, -0.15) is 0 Å². The number of carbonyl (C=O) groups is 2. The molecular weight excluding hydrogens is 444 g/mol. The van der Waals surface area contributed by atoms with Crippen molar-refractivity contribution < 1.29 is 23.8 Å². The Labute approximate surface area is 205 Å². The van der Waals surface area contributed by atoms with Gasteiger partial charge in [0, 0.05) is 18.2 Å². The summed E-state index contributed by atoms with van der Waals surface area (Å²) in [5, 5.41) is 2.90.